The van der Waals surface area contributed by atoms with Gasteiger partial charge in [0.25, 0.3) is 11.6 Å². The van der Waals surface area contributed by atoms with Crippen molar-refractivity contribution in [1.82, 2.24) is 14.9 Å². The first-order valence-corrected chi connectivity index (χ1v) is 8.46. The molecular weight excluding hydrogens is 350 g/mol. The largest absolute Gasteiger partial charge is 0.470 e. The van der Waals surface area contributed by atoms with Crippen molar-refractivity contribution in [3.63, 3.8) is 0 Å². The van der Waals surface area contributed by atoms with E-state index in [0.29, 0.717) is 18.7 Å². The van der Waals surface area contributed by atoms with Gasteiger partial charge in [-0.3, -0.25) is 14.9 Å². The first kappa shape index (κ1) is 18.3. The molecule has 0 N–H and O–H groups in total. The van der Waals surface area contributed by atoms with Crippen molar-refractivity contribution in [2.45, 2.75) is 25.4 Å². The Morgan fingerprint density at radius 1 is 1.37 bits per heavy atom. The molecule has 1 aromatic carbocycles. The second kappa shape index (κ2) is 8.23. The molecule has 0 radical (unpaired) electrons. The number of carbonyl (C=O) groups excluding carboxylic acids is 1. The van der Waals surface area contributed by atoms with E-state index in [1.165, 1.54) is 18.5 Å². The molecule has 2 aromatic rings. The quantitative estimate of drug-likeness (QED) is 0.584. The lowest BCUT2D eigenvalue weighted by Crippen LogP contribution is -2.45. The molecule has 9 heteroatoms. The number of likely N-dealkylation sites (tertiary alicyclic amines) is 1. The fraction of sp³-hybridized carbons (Fsp3) is 0.333. The van der Waals surface area contributed by atoms with Gasteiger partial charge in [-0.15, -0.1) is 0 Å². The molecule has 1 atom stereocenters. The highest BCUT2D eigenvalue weighted by Crippen LogP contribution is 2.22. The maximum absolute atomic E-state index is 12.6. The molecule has 9 nitrogen and oxygen atoms in total. The molecule has 3 rings (SSSR count). The van der Waals surface area contributed by atoms with Crippen molar-refractivity contribution in [2.75, 3.05) is 13.1 Å². The summed E-state index contributed by atoms with van der Waals surface area (Å²) in [5, 5.41) is 20.2. The maximum Gasteiger partial charge on any atom is 0.273 e. The molecule has 1 amide bonds. The van der Waals surface area contributed by atoms with Crippen LogP contribution < -0.4 is 4.74 Å². The van der Waals surface area contributed by atoms with Crippen LogP contribution in [-0.4, -0.2) is 44.9 Å². The summed E-state index contributed by atoms with van der Waals surface area (Å²) in [6.07, 6.45) is 3.95. The minimum absolute atomic E-state index is 0.0432. The van der Waals surface area contributed by atoms with Gasteiger partial charge < -0.3 is 9.64 Å². The van der Waals surface area contributed by atoms with Crippen LogP contribution in [0.25, 0.3) is 0 Å². The van der Waals surface area contributed by atoms with Crippen LogP contribution >= 0.6 is 0 Å². The van der Waals surface area contributed by atoms with Crippen molar-refractivity contribution < 1.29 is 14.5 Å². The van der Waals surface area contributed by atoms with Crippen LogP contribution in [-0.2, 0) is 11.2 Å². The van der Waals surface area contributed by atoms with E-state index >= 15 is 0 Å². The predicted molar refractivity (Wildman–Crippen MR) is 93.8 cm³/mol. The van der Waals surface area contributed by atoms with E-state index in [9.17, 15) is 14.9 Å². The van der Waals surface area contributed by atoms with Crippen molar-refractivity contribution >= 4 is 11.6 Å². The van der Waals surface area contributed by atoms with E-state index in [2.05, 4.69) is 9.97 Å². The van der Waals surface area contributed by atoms with E-state index in [0.717, 1.165) is 12.8 Å². The Morgan fingerprint density at radius 2 is 2.15 bits per heavy atom. The Morgan fingerprint density at radius 3 is 2.93 bits per heavy atom. The number of para-hydroxylation sites is 1. The van der Waals surface area contributed by atoms with Crippen LogP contribution in [0.5, 0.6) is 5.88 Å². The predicted octanol–water partition coefficient (Wildman–Crippen LogP) is 1.87. The fourth-order valence-electron chi connectivity index (χ4n) is 3.02. The van der Waals surface area contributed by atoms with E-state index < -0.39 is 4.92 Å². The molecule has 0 bridgehead atoms. The molecule has 1 aliphatic heterocycles. The number of nitro groups is 1. The van der Waals surface area contributed by atoms with Crippen LogP contribution in [0.2, 0.25) is 0 Å². The van der Waals surface area contributed by atoms with Gasteiger partial charge in [0.2, 0.25) is 11.6 Å². The zero-order valence-corrected chi connectivity index (χ0v) is 14.4. The normalized spacial score (nSPS) is 16.4. The highest BCUT2D eigenvalue weighted by molar-refractivity contribution is 5.80. The van der Waals surface area contributed by atoms with Crippen molar-refractivity contribution in [1.29, 1.82) is 5.26 Å². The monoisotopic (exact) mass is 367 g/mol. The average molecular weight is 367 g/mol. The molecule has 0 spiro atoms. The first-order valence-electron chi connectivity index (χ1n) is 8.46. The smallest absolute Gasteiger partial charge is 0.273 e. The zero-order valence-electron chi connectivity index (χ0n) is 14.4. The van der Waals surface area contributed by atoms with Crippen LogP contribution in [0.3, 0.4) is 0 Å². The van der Waals surface area contributed by atoms with Gasteiger partial charge >= 0.3 is 0 Å². The second-order valence-corrected chi connectivity index (χ2v) is 6.11. The summed E-state index contributed by atoms with van der Waals surface area (Å²) in [5.74, 6) is -0.0461. The zero-order chi connectivity index (χ0) is 19.2. The Labute approximate surface area is 155 Å². The SMILES string of the molecule is N#Cc1nccnc1OC1CCCN(C(=O)Cc2ccccc2[N+](=O)[O-])C1. The van der Waals surface area contributed by atoms with Crippen LogP contribution in [0.15, 0.2) is 36.7 Å². The summed E-state index contributed by atoms with van der Waals surface area (Å²) in [7, 11) is 0. The number of benzene rings is 1. The summed E-state index contributed by atoms with van der Waals surface area (Å²) in [6, 6.07) is 8.16. The van der Waals surface area contributed by atoms with Crippen molar-refractivity contribution in [3.05, 3.63) is 58.0 Å². The van der Waals surface area contributed by atoms with Crippen LogP contribution in [0, 0.1) is 21.4 Å². The Kier molecular flexibility index (Phi) is 5.56. The first-order chi connectivity index (χ1) is 13.1. The molecule has 138 valence electrons. The van der Waals surface area contributed by atoms with Crippen molar-refractivity contribution in [2.24, 2.45) is 0 Å². The number of ether oxygens (including phenoxy) is 1. The van der Waals surface area contributed by atoms with Gasteiger partial charge in [-0.2, -0.15) is 5.26 Å². The minimum atomic E-state index is -0.484. The van der Waals surface area contributed by atoms with Gasteiger partial charge in [-0.1, -0.05) is 18.2 Å². The molecule has 0 aliphatic carbocycles. The maximum atomic E-state index is 12.6. The van der Waals surface area contributed by atoms with Gasteiger partial charge in [0.15, 0.2) is 0 Å². The summed E-state index contributed by atoms with van der Waals surface area (Å²) < 4.78 is 5.77. The number of aromatic nitrogens is 2. The lowest BCUT2D eigenvalue weighted by Gasteiger charge is -2.32. The van der Waals surface area contributed by atoms with E-state index in [1.54, 1.807) is 23.1 Å². The molecular formula is C18H17N5O4. The lowest BCUT2D eigenvalue weighted by molar-refractivity contribution is -0.385. The molecule has 1 aromatic heterocycles. The standard InChI is InChI=1S/C18H17N5O4/c19-11-15-18(21-8-7-20-15)27-14-5-3-9-22(12-14)17(24)10-13-4-1-2-6-16(13)23(25)26/h1-2,4,6-8,14H,3,5,9-10,12H2. The Hall–Kier alpha value is -3.54. The molecule has 2 heterocycles. The molecule has 1 unspecified atom stereocenters. The number of nitriles is 1. The van der Waals surface area contributed by atoms with Gasteiger partial charge in [0.1, 0.15) is 12.2 Å². The van der Waals surface area contributed by atoms with E-state index in [4.69, 9.17) is 10.00 Å². The number of piperidine rings is 1. The van der Waals surface area contributed by atoms with E-state index in [1.807, 2.05) is 6.07 Å². The topological polar surface area (TPSA) is 122 Å². The van der Waals surface area contributed by atoms with Gasteiger partial charge in [-0.25, -0.2) is 9.97 Å². The van der Waals surface area contributed by atoms with Crippen LogP contribution in [0.4, 0.5) is 5.69 Å². The van der Waals surface area contributed by atoms with Gasteiger partial charge in [0, 0.05) is 30.6 Å². The number of hydrogen-bond donors (Lipinski definition) is 0. The fourth-order valence-corrected chi connectivity index (χ4v) is 3.02. The number of nitro benzene ring substituents is 1. The molecule has 1 fully saturated rings. The molecule has 1 saturated heterocycles. The number of carbonyl (C=O) groups is 1. The average Bonchev–Trinajstić information content (AvgIpc) is 2.69. The highest BCUT2D eigenvalue weighted by atomic mass is 16.6. The summed E-state index contributed by atoms with van der Waals surface area (Å²) in [4.78, 5) is 32.8. The number of nitrogens with zero attached hydrogens (tertiary/aromatic N) is 5. The summed E-state index contributed by atoms with van der Waals surface area (Å²) in [5.41, 5.74) is 0.422. The number of amides is 1. The lowest BCUT2D eigenvalue weighted by atomic mass is 10.1. The Balaban J connectivity index is 1.67. The van der Waals surface area contributed by atoms with E-state index in [-0.39, 0.29) is 35.7 Å². The summed E-state index contributed by atoms with van der Waals surface area (Å²) in [6.45, 7) is 0.895. The number of rotatable bonds is 5. The molecule has 27 heavy (non-hydrogen) atoms. The molecule has 1 aliphatic rings. The third kappa shape index (κ3) is 4.36. The highest BCUT2D eigenvalue weighted by Gasteiger charge is 2.27. The summed E-state index contributed by atoms with van der Waals surface area (Å²) >= 11 is 0. The van der Waals surface area contributed by atoms with Crippen molar-refractivity contribution in [3.8, 4) is 11.9 Å². The van der Waals surface area contributed by atoms with Gasteiger partial charge in [-0.05, 0) is 12.8 Å². The minimum Gasteiger partial charge on any atom is -0.470 e. The third-order valence-electron chi connectivity index (χ3n) is 4.31. The van der Waals surface area contributed by atoms with Gasteiger partial charge in [0.05, 0.1) is 17.9 Å². The molecule has 0 saturated carbocycles. The second-order valence-electron chi connectivity index (χ2n) is 6.11. The van der Waals surface area contributed by atoms with Crippen LogP contribution in [0.1, 0.15) is 24.1 Å². The Bertz CT molecular complexity index is 895. The number of hydrogen-bond acceptors (Lipinski definition) is 7. The third-order valence-corrected chi connectivity index (χ3v) is 4.31.